The van der Waals surface area contributed by atoms with Crippen LogP contribution in [0.15, 0.2) is 5.38 Å². The predicted octanol–water partition coefficient (Wildman–Crippen LogP) is 0.816. The SMILES string of the molecule is COC(=O)C(=O)N1CCCC1c1csc([C@@H]2CCCN2C(=O)C(=O)OC)n1. The maximum atomic E-state index is 12.2. The third kappa shape index (κ3) is 3.66. The van der Waals surface area contributed by atoms with E-state index in [4.69, 9.17) is 0 Å². The molecular weight excluding hydrogens is 374 g/mol. The van der Waals surface area contributed by atoms with Gasteiger partial charge in [0.2, 0.25) is 0 Å². The van der Waals surface area contributed by atoms with E-state index in [2.05, 4.69) is 14.5 Å². The molecule has 1 aromatic rings. The lowest BCUT2D eigenvalue weighted by atomic mass is 10.1. The van der Waals surface area contributed by atoms with Crippen molar-refractivity contribution < 1.29 is 28.7 Å². The van der Waals surface area contributed by atoms with Crippen LogP contribution >= 0.6 is 11.3 Å². The number of rotatable bonds is 2. The van der Waals surface area contributed by atoms with E-state index < -0.39 is 23.8 Å². The molecule has 2 aliphatic heterocycles. The molecule has 1 aromatic heterocycles. The minimum Gasteiger partial charge on any atom is -0.462 e. The number of hydrogen-bond acceptors (Lipinski definition) is 8. The van der Waals surface area contributed by atoms with Crippen molar-refractivity contribution in [2.75, 3.05) is 27.3 Å². The fraction of sp³-hybridized carbons (Fsp3) is 0.588. The number of esters is 2. The van der Waals surface area contributed by atoms with Gasteiger partial charge in [0.15, 0.2) is 0 Å². The van der Waals surface area contributed by atoms with Gasteiger partial charge in [-0.25, -0.2) is 14.6 Å². The van der Waals surface area contributed by atoms with Crippen LogP contribution in [-0.2, 0) is 28.7 Å². The lowest BCUT2D eigenvalue weighted by molar-refractivity contribution is -0.158. The quantitative estimate of drug-likeness (QED) is 0.539. The van der Waals surface area contributed by atoms with Crippen molar-refractivity contribution in [3.05, 3.63) is 16.1 Å². The van der Waals surface area contributed by atoms with E-state index in [1.807, 2.05) is 5.38 Å². The zero-order chi connectivity index (χ0) is 19.6. The van der Waals surface area contributed by atoms with Crippen molar-refractivity contribution in [2.45, 2.75) is 37.8 Å². The van der Waals surface area contributed by atoms with Crippen molar-refractivity contribution in [1.29, 1.82) is 0 Å². The van der Waals surface area contributed by atoms with Gasteiger partial charge in [-0.1, -0.05) is 0 Å². The average molecular weight is 395 g/mol. The summed E-state index contributed by atoms with van der Waals surface area (Å²) < 4.78 is 9.07. The molecule has 9 nitrogen and oxygen atoms in total. The first-order valence-electron chi connectivity index (χ1n) is 8.71. The van der Waals surface area contributed by atoms with Crippen LogP contribution in [0.5, 0.6) is 0 Å². The second-order valence-corrected chi connectivity index (χ2v) is 7.30. The molecule has 10 heteroatoms. The standard InChI is InChI=1S/C17H21N3O6S/c1-25-16(23)14(21)19-7-3-5-11(19)10-9-27-13(18-10)12-6-4-8-20(12)15(22)17(24)26-2/h9,11-12H,3-8H2,1-2H3/t11?,12-/m0/s1. The highest BCUT2D eigenvalue weighted by Crippen LogP contribution is 2.38. The summed E-state index contributed by atoms with van der Waals surface area (Å²) in [6.07, 6.45) is 2.97. The minimum atomic E-state index is -0.886. The van der Waals surface area contributed by atoms with Crippen molar-refractivity contribution >= 4 is 35.1 Å². The van der Waals surface area contributed by atoms with Crippen LogP contribution in [-0.4, -0.2) is 65.8 Å². The fourth-order valence-corrected chi connectivity index (χ4v) is 4.61. The first-order chi connectivity index (χ1) is 13.0. The van der Waals surface area contributed by atoms with E-state index >= 15 is 0 Å². The largest absolute Gasteiger partial charge is 0.462 e. The molecule has 2 saturated heterocycles. The number of nitrogens with zero attached hydrogens (tertiary/aromatic N) is 3. The number of carbonyl (C=O) groups is 4. The van der Waals surface area contributed by atoms with Gasteiger partial charge < -0.3 is 19.3 Å². The smallest absolute Gasteiger partial charge is 0.396 e. The number of methoxy groups -OCH3 is 2. The van der Waals surface area contributed by atoms with Crippen molar-refractivity contribution in [1.82, 2.24) is 14.8 Å². The molecule has 27 heavy (non-hydrogen) atoms. The third-order valence-electron chi connectivity index (χ3n) is 4.91. The van der Waals surface area contributed by atoms with Crippen LogP contribution in [0.2, 0.25) is 0 Å². The van der Waals surface area contributed by atoms with E-state index in [-0.39, 0.29) is 12.1 Å². The van der Waals surface area contributed by atoms with Crippen LogP contribution in [0.1, 0.15) is 48.5 Å². The molecule has 3 rings (SSSR count). The van der Waals surface area contributed by atoms with Crippen LogP contribution in [0.3, 0.4) is 0 Å². The molecule has 1 unspecified atom stereocenters. The summed E-state index contributed by atoms with van der Waals surface area (Å²) in [7, 11) is 2.36. The number of hydrogen-bond donors (Lipinski definition) is 0. The molecule has 0 N–H and O–H groups in total. The molecule has 3 heterocycles. The Morgan fingerprint density at radius 2 is 1.48 bits per heavy atom. The van der Waals surface area contributed by atoms with Gasteiger partial charge in [0, 0.05) is 18.5 Å². The Morgan fingerprint density at radius 1 is 0.963 bits per heavy atom. The topological polar surface area (TPSA) is 106 Å². The number of likely N-dealkylation sites (tertiary alicyclic amines) is 2. The Morgan fingerprint density at radius 3 is 2.04 bits per heavy atom. The Bertz CT molecular complexity index is 703. The van der Waals surface area contributed by atoms with Gasteiger partial charge in [-0.05, 0) is 25.7 Å². The highest BCUT2D eigenvalue weighted by molar-refractivity contribution is 7.09. The fourth-order valence-electron chi connectivity index (χ4n) is 3.60. The van der Waals surface area contributed by atoms with Gasteiger partial charge in [0.25, 0.3) is 0 Å². The third-order valence-corrected chi connectivity index (χ3v) is 5.88. The van der Waals surface area contributed by atoms with Gasteiger partial charge in [0.05, 0.1) is 32.0 Å². The van der Waals surface area contributed by atoms with Gasteiger partial charge in [0.1, 0.15) is 5.01 Å². The lowest BCUT2D eigenvalue weighted by Gasteiger charge is -2.23. The highest BCUT2D eigenvalue weighted by atomic mass is 32.1. The summed E-state index contributed by atoms with van der Waals surface area (Å²) in [5, 5.41) is 2.57. The molecule has 2 atom stereocenters. The summed E-state index contributed by atoms with van der Waals surface area (Å²) >= 11 is 1.39. The molecule has 0 saturated carbocycles. The van der Waals surface area contributed by atoms with E-state index in [0.717, 1.165) is 17.8 Å². The van der Waals surface area contributed by atoms with Crippen LogP contribution in [0.4, 0.5) is 0 Å². The molecule has 2 fully saturated rings. The molecule has 0 radical (unpaired) electrons. The molecule has 0 spiro atoms. The minimum absolute atomic E-state index is 0.276. The lowest BCUT2D eigenvalue weighted by Crippen LogP contribution is -2.37. The maximum absolute atomic E-state index is 12.2. The summed E-state index contributed by atoms with van der Waals surface area (Å²) in [5.74, 6) is -3.11. The second-order valence-electron chi connectivity index (χ2n) is 6.41. The Labute approximate surface area is 160 Å². The first-order valence-corrected chi connectivity index (χ1v) is 9.59. The molecule has 0 aromatic carbocycles. The molecule has 146 valence electrons. The number of carbonyl (C=O) groups excluding carboxylic acids is 4. The predicted molar refractivity (Wildman–Crippen MR) is 93.5 cm³/mol. The molecule has 0 bridgehead atoms. The molecule has 0 aliphatic carbocycles. The van der Waals surface area contributed by atoms with E-state index in [1.165, 1.54) is 35.4 Å². The van der Waals surface area contributed by atoms with Gasteiger partial charge in [-0.2, -0.15) is 0 Å². The van der Waals surface area contributed by atoms with Crippen molar-refractivity contribution in [2.24, 2.45) is 0 Å². The van der Waals surface area contributed by atoms with Crippen molar-refractivity contribution in [3.8, 4) is 0 Å². The van der Waals surface area contributed by atoms with Gasteiger partial charge in [-0.3, -0.25) is 9.59 Å². The number of aromatic nitrogens is 1. The van der Waals surface area contributed by atoms with E-state index in [9.17, 15) is 19.2 Å². The summed E-state index contributed by atoms with van der Waals surface area (Å²) in [6, 6.07) is -0.561. The van der Waals surface area contributed by atoms with Gasteiger partial charge in [-0.15, -0.1) is 11.3 Å². The van der Waals surface area contributed by atoms with Crippen LogP contribution < -0.4 is 0 Å². The number of amides is 2. The monoisotopic (exact) mass is 395 g/mol. The molecular formula is C17H21N3O6S. The Balaban J connectivity index is 1.78. The average Bonchev–Trinajstić information content (AvgIpc) is 3.43. The molecule has 2 amide bonds. The van der Waals surface area contributed by atoms with E-state index in [0.29, 0.717) is 31.6 Å². The van der Waals surface area contributed by atoms with Crippen LogP contribution in [0, 0.1) is 0 Å². The maximum Gasteiger partial charge on any atom is 0.396 e. The van der Waals surface area contributed by atoms with Crippen molar-refractivity contribution in [3.63, 3.8) is 0 Å². The van der Waals surface area contributed by atoms with Gasteiger partial charge >= 0.3 is 23.8 Å². The van der Waals surface area contributed by atoms with E-state index in [1.54, 1.807) is 0 Å². The molecule has 2 aliphatic rings. The summed E-state index contributed by atoms with van der Waals surface area (Å²) in [6.45, 7) is 0.950. The second kappa shape index (κ2) is 8.03. The normalized spacial score (nSPS) is 22.0. The Kier molecular flexibility index (Phi) is 5.73. The summed E-state index contributed by atoms with van der Waals surface area (Å²) in [4.78, 5) is 55.2. The number of thiazole rings is 1. The first kappa shape index (κ1) is 19.3. The number of ether oxygens (including phenoxy) is 2. The zero-order valence-electron chi connectivity index (χ0n) is 15.2. The highest BCUT2D eigenvalue weighted by Gasteiger charge is 2.38. The zero-order valence-corrected chi connectivity index (χ0v) is 16.0. The Hall–Kier alpha value is -2.49. The van der Waals surface area contributed by atoms with Crippen LogP contribution in [0.25, 0.3) is 0 Å². The summed E-state index contributed by atoms with van der Waals surface area (Å²) in [5.41, 5.74) is 0.696.